The van der Waals surface area contributed by atoms with Crippen LogP contribution in [0.4, 0.5) is 0 Å². The number of aromatic nitrogens is 2. The van der Waals surface area contributed by atoms with Crippen molar-refractivity contribution in [2.45, 2.75) is 6.92 Å². The van der Waals surface area contributed by atoms with Crippen LogP contribution in [0, 0.1) is 6.92 Å². The molecule has 1 heterocycles. The van der Waals surface area contributed by atoms with Crippen molar-refractivity contribution >= 4 is 12.0 Å². The number of aryl methyl sites for hydroxylation is 2. The Morgan fingerprint density at radius 2 is 2.42 bits per heavy atom. The Labute approximate surface area is 70.1 Å². The van der Waals surface area contributed by atoms with Crippen LogP contribution in [0.5, 0.6) is 0 Å². The fourth-order valence-electron chi connectivity index (χ4n) is 0.943. The van der Waals surface area contributed by atoms with Gasteiger partial charge in [0.05, 0.1) is 5.69 Å². The summed E-state index contributed by atoms with van der Waals surface area (Å²) < 4.78 is 1.65. The molecule has 1 aromatic heterocycles. The van der Waals surface area contributed by atoms with Gasteiger partial charge in [0, 0.05) is 24.9 Å². The molecule has 0 aromatic carbocycles. The summed E-state index contributed by atoms with van der Waals surface area (Å²) >= 11 is 0. The molecule has 0 aliphatic carbocycles. The average Bonchev–Trinajstić information content (AvgIpc) is 2.26. The van der Waals surface area contributed by atoms with Crippen molar-refractivity contribution in [3.05, 3.63) is 23.5 Å². The van der Waals surface area contributed by atoms with Crippen molar-refractivity contribution in [1.29, 1.82) is 0 Å². The maximum Gasteiger partial charge on any atom is 0.328 e. The average molecular weight is 166 g/mol. The first kappa shape index (κ1) is 8.52. The molecule has 4 heteroatoms. The summed E-state index contributed by atoms with van der Waals surface area (Å²) in [5.41, 5.74) is 1.66. The lowest BCUT2D eigenvalue weighted by Crippen LogP contribution is -1.86. The predicted octanol–water partition coefficient (Wildman–Crippen LogP) is 0.826. The summed E-state index contributed by atoms with van der Waals surface area (Å²) in [7, 11) is 1.80. The number of rotatable bonds is 2. The number of aliphatic carboxylic acids is 1. The number of carbonyl (C=O) groups is 1. The van der Waals surface area contributed by atoms with Gasteiger partial charge in [0.1, 0.15) is 0 Å². The third-order valence-electron chi connectivity index (χ3n) is 1.46. The van der Waals surface area contributed by atoms with Gasteiger partial charge < -0.3 is 5.11 Å². The first-order valence-electron chi connectivity index (χ1n) is 3.51. The lowest BCUT2D eigenvalue weighted by Gasteiger charge is -1.83. The normalized spacial score (nSPS) is 10.8. The summed E-state index contributed by atoms with van der Waals surface area (Å²) in [5, 5.41) is 12.4. The van der Waals surface area contributed by atoms with Crippen LogP contribution in [0.25, 0.3) is 6.08 Å². The maximum atomic E-state index is 10.2. The van der Waals surface area contributed by atoms with Crippen LogP contribution in [0.2, 0.25) is 0 Å². The van der Waals surface area contributed by atoms with Gasteiger partial charge in [0.25, 0.3) is 0 Å². The van der Waals surface area contributed by atoms with E-state index in [4.69, 9.17) is 5.11 Å². The van der Waals surface area contributed by atoms with Gasteiger partial charge in [-0.15, -0.1) is 0 Å². The van der Waals surface area contributed by atoms with Crippen molar-refractivity contribution < 1.29 is 9.90 Å². The molecule has 1 N–H and O–H groups in total. The molecule has 0 unspecified atom stereocenters. The Morgan fingerprint density at radius 1 is 1.75 bits per heavy atom. The lowest BCUT2D eigenvalue weighted by molar-refractivity contribution is -0.131. The molecule has 0 aliphatic rings. The van der Waals surface area contributed by atoms with Gasteiger partial charge in [-0.3, -0.25) is 4.68 Å². The van der Waals surface area contributed by atoms with Gasteiger partial charge in [-0.1, -0.05) is 0 Å². The van der Waals surface area contributed by atoms with Crippen molar-refractivity contribution in [2.75, 3.05) is 0 Å². The molecule has 0 amide bonds. The van der Waals surface area contributed by atoms with Gasteiger partial charge in [-0.25, -0.2) is 4.79 Å². The second-order valence-corrected chi connectivity index (χ2v) is 2.52. The molecule has 0 saturated carbocycles. The third kappa shape index (κ3) is 1.95. The van der Waals surface area contributed by atoms with E-state index in [1.165, 1.54) is 6.08 Å². The Bertz CT molecular complexity index is 326. The Balaban J connectivity index is 2.89. The minimum Gasteiger partial charge on any atom is -0.478 e. The zero-order valence-corrected chi connectivity index (χ0v) is 6.98. The predicted molar refractivity (Wildman–Crippen MR) is 44.6 cm³/mol. The SMILES string of the molecule is Cc1nn(C)cc1/C=C/C(=O)O. The standard InChI is InChI=1S/C8H10N2O2/c1-6-7(3-4-8(11)12)5-10(2)9-6/h3-5H,1-2H3,(H,11,12)/b4-3+. The molecule has 0 saturated heterocycles. The highest BCUT2D eigenvalue weighted by molar-refractivity contribution is 5.85. The molecule has 0 atom stereocenters. The maximum absolute atomic E-state index is 10.2. The fourth-order valence-corrected chi connectivity index (χ4v) is 0.943. The van der Waals surface area contributed by atoms with E-state index in [-0.39, 0.29) is 0 Å². The first-order chi connectivity index (χ1) is 5.59. The minimum absolute atomic E-state index is 0.829. The van der Waals surface area contributed by atoms with E-state index in [9.17, 15) is 4.79 Å². The molecule has 12 heavy (non-hydrogen) atoms. The van der Waals surface area contributed by atoms with Crippen molar-refractivity contribution in [1.82, 2.24) is 9.78 Å². The number of carboxylic acids is 1. The van der Waals surface area contributed by atoms with Crippen LogP contribution in [-0.4, -0.2) is 20.9 Å². The number of nitrogens with zero attached hydrogens (tertiary/aromatic N) is 2. The fraction of sp³-hybridized carbons (Fsp3) is 0.250. The first-order valence-corrected chi connectivity index (χ1v) is 3.51. The van der Waals surface area contributed by atoms with E-state index < -0.39 is 5.97 Å². The zero-order chi connectivity index (χ0) is 9.14. The molecule has 1 aromatic rings. The monoisotopic (exact) mass is 166 g/mol. The van der Waals surface area contributed by atoms with Crippen LogP contribution >= 0.6 is 0 Å². The van der Waals surface area contributed by atoms with E-state index in [0.29, 0.717) is 0 Å². The van der Waals surface area contributed by atoms with Gasteiger partial charge in [-0.05, 0) is 13.0 Å². The summed E-state index contributed by atoms with van der Waals surface area (Å²) in [5.74, 6) is -0.946. The number of hydrogen-bond acceptors (Lipinski definition) is 2. The lowest BCUT2D eigenvalue weighted by atomic mass is 10.2. The Morgan fingerprint density at radius 3 is 2.83 bits per heavy atom. The Kier molecular flexibility index (Phi) is 2.28. The van der Waals surface area contributed by atoms with Gasteiger partial charge in [0.15, 0.2) is 0 Å². The van der Waals surface area contributed by atoms with Crippen LogP contribution in [0.15, 0.2) is 12.3 Å². The second-order valence-electron chi connectivity index (χ2n) is 2.52. The molecule has 4 nitrogen and oxygen atoms in total. The topological polar surface area (TPSA) is 55.1 Å². The molecule has 0 radical (unpaired) electrons. The van der Waals surface area contributed by atoms with Gasteiger partial charge >= 0.3 is 5.97 Å². The summed E-state index contributed by atoms with van der Waals surface area (Å²) in [4.78, 5) is 10.2. The summed E-state index contributed by atoms with van der Waals surface area (Å²) in [6.45, 7) is 1.83. The zero-order valence-electron chi connectivity index (χ0n) is 6.98. The van der Waals surface area contributed by atoms with E-state index >= 15 is 0 Å². The molecule has 0 aliphatic heterocycles. The highest BCUT2D eigenvalue weighted by Gasteiger charge is 1.98. The van der Waals surface area contributed by atoms with E-state index in [0.717, 1.165) is 17.3 Å². The van der Waals surface area contributed by atoms with Gasteiger partial charge in [0.2, 0.25) is 0 Å². The van der Waals surface area contributed by atoms with E-state index in [1.54, 1.807) is 17.9 Å². The van der Waals surface area contributed by atoms with Crippen LogP contribution in [0.3, 0.4) is 0 Å². The van der Waals surface area contributed by atoms with Crippen LogP contribution in [0.1, 0.15) is 11.3 Å². The summed E-state index contributed by atoms with van der Waals surface area (Å²) in [6.07, 6.45) is 4.41. The van der Waals surface area contributed by atoms with Crippen LogP contribution in [-0.2, 0) is 11.8 Å². The molecule has 0 spiro atoms. The molecular formula is C8H10N2O2. The van der Waals surface area contributed by atoms with Crippen molar-refractivity contribution in [3.63, 3.8) is 0 Å². The minimum atomic E-state index is -0.946. The molecule has 1 rings (SSSR count). The quantitative estimate of drug-likeness (QED) is 0.662. The van der Waals surface area contributed by atoms with E-state index in [1.807, 2.05) is 6.92 Å². The second kappa shape index (κ2) is 3.21. The van der Waals surface area contributed by atoms with Crippen molar-refractivity contribution in [2.24, 2.45) is 7.05 Å². The van der Waals surface area contributed by atoms with Gasteiger partial charge in [-0.2, -0.15) is 5.10 Å². The van der Waals surface area contributed by atoms with Crippen LogP contribution < -0.4 is 0 Å². The smallest absolute Gasteiger partial charge is 0.328 e. The number of hydrogen-bond donors (Lipinski definition) is 1. The molecule has 0 fully saturated rings. The molecular weight excluding hydrogens is 156 g/mol. The highest BCUT2D eigenvalue weighted by atomic mass is 16.4. The highest BCUT2D eigenvalue weighted by Crippen LogP contribution is 2.06. The molecule has 64 valence electrons. The number of carboxylic acid groups (broad SMARTS) is 1. The van der Waals surface area contributed by atoms with E-state index in [2.05, 4.69) is 5.10 Å². The van der Waals surface area contributed by atoms with Crippen molar-refractivity contribution in [3.8, 4) is 0 Å². The largest absolute Gasteiger partial charge is 0.478 e. The molecule has 0 bridgehead atoms. The summed E-state index contributed by atoms with van der Waals surface area (Å²) in [6, 6.07) is 0. The third-order valence-corrected chi connectivity index (χ3v) is 1.46. The Hall–Kier alpha value is -1.58.